The first-order valence-corrected chi connectivity index (χ1v) is 11.2. The van der Waals surface area contributed by atoms with Gasteiger partial charge in [-0.05, 0) is 36.1 Å². The summed E-state index contributed by atoms with van der Waals surface area (Å²) in [5.41, 5.74) is 2.31. The van der Waals surface area contributed by atoms with Gasteiger partial charge in [0, 0.05) is 11.7 Å². The molecule has 1 fully saturated rings. The van der Waals surface area contributed by atoms with E-state index in [1.165, 1.54) is 36.6 Å². The van der Waals surface area contributed by atoms with Crippen LogP contribution in [0.5, 0.6) is 5.75 Å². The molecule has 6 heteroatoms. The maximum atomic E-state index is 10.2. The lowest BCUT2D eigenvalue weighted by Crippen LogP contribution is -2.20. The van der Waals surface area contributed by atoms with Crippen molar-refractivity contribution in [3.8, 4) is 16.9 Å². The number of ether oxygens (including phenoxy) is 1. The van der Waals surface area contributed by atoms with E-state index in [0.717, 1.165) is 30.0 Å². The van der Waals surface area contributed by atoms with Crippen LogP contribution in [0, 0.1) is 0 Å². The lowest BCUT2D eigenvalue weighted by Gasteiger charge is -2.17. The van der Waals surface area contributed by atoms with Crippen LogP contribution in [-0.2, 0) is 0 Å². The van der Waals surface area contributed by atoms with Crippen LogP contribution in [0.15, 0.2) is 64.2 Å². The fourth-order valence-electron chi connectivity index (χ4n) is 3.58. The average molecular weight is 411 g/mol. The molecule has 2 aromatic carbocycles. The summed E-state index contributed by atoms with van der Waals surface area (Å²) in [4.78, 5) is 0. The average Bonchev–Trinajstić information content (AvgIpc) is 3.27. The zero-order chi connectivity index (χ0) is 19.9. The number of aliphatic hydroxyl groups excluding tert-OH is 1. The van der Waals surface area contributed by atoms with E-state index in [2.05, 4.69) is 22.3 Å². The molecule has 0 amide bonds. The quantitative estimate of drug-likeness (QED) is 0.507. The van der Waals surface area contributed by atoms with Crippen molar-refractivity contribution in [3.63, 3.8) is 0 Å². The fraction of sp³-hybridized carbons (Fsp3) is 0.391. The van der Waals surface area contributed by atoms with Crippen molar-refractivity contribution in [2.75, 3.05) is 12.4 Å². The van der Waals surface area contributed by atoms with E-state index in [9.17, 15) is 5.11 Å². The summed E-state index contributed by atoms with van der Waals surface area (Å²) in [5.74, 6) is 2.34. The molecule has 1 aliphatic carbocycles. The highest BCUT2D eigenvalue weighted by molar-refractivity contribution is 7.99. The van der Waals surface area contributed by atoms with Crippen LogP contribution < -0.4 is 4.74 Å². The fourth-order valence-corrected chi connectivity index (χ4v) is 4.25. The van der Waals surface area contributed by atoms with E-state index in [4.69, 9.17) is 9.15 Å². The third kappa shape index (κ3) is 5.61. The molecule has 1 heterocycles. The van der Waals surface area contributed by atoms with Crippen LogP contribution >= 0.6 is 11.8 Å². The standard InChI is InChI=1S/C23H26N2O3S/c26-20(16-29-23-25-24-22(28-23)19-9-5-2-6-10-19)15-27-21-13-11-18(12-14-21)17-7-3-1-4-8-17/h1,3-4,7-8,11-14,19-20,26H,2,5-6,9-10,15-16H2. The van der Waals surface area contributed by atoms with Crippen molar-refractivity contribution in [2.45, 2.75) is 49.3 Å². The molecule has 1 atom stereocenters. The second-order valence-corrected chi connectivity index (χ2v) is 8.38. The molecule has 3 aromatic rings. The zero-order valence-corrected chi connectivity index (χ0v) is 17.2. The molecule has 1 aliphatic rings. The van der Waals surface area contributed by atoms with E-state index in [-0.39, 0.29) is 6.61 Å². The molecule has 5 nitrogen and oxygen atoms in total. The van der Waals surface area contributed by atoms with Gasteiger partial charge in [-0.25, -0.2) is 0 Å². The molecule has 152 valence electrons. The van der Waals surface area contributed by atoms with Gasteiger partial charge < -0.3 is 14.3 Å². The van der Waals surface area contributed by atoms with Crippen LogP contribution in [0.3, 0.4) is 0 Å². The Labute approximate surface area is 175 Å². The van der Waals surface area contributed by atoms with Gasteiger partial charge >= 0.3 is 0 Å². The molecule has 0 aliphatic heterocycles. The Kier molecular flexibility index (Phi) is 6.85. The van der Waals surface area contributed by atoms with Crippen molar-refractivity contribution < 1.29 is 14.3 Å². The highest BCUT2D eigenvalue weighted by Gasteiger charge is 2.21. The van der Waals surface area contributed by atoms with Crippen molar-refractivity contribution >= 4 is 11.8 Å². The predicted octanol–water partition coefficient (Wildman–Crippen LogP) is 5.32. The molecule has 0 saturated heterocycles. The summed E-state index contributed by atoms with van der Waals surface area (Å²) in [6, 6.07) is 18.1. The molecular formula is C23H26N2O3S. The zero-order valence-electron chi connectivity index (χ0n) is 16.4. The number of benzene rings is 2. The van der Waals surface area contributed by atoms with Crippen LogP contribution in [0.2, 0.25) is 0 Å². The van der Waals surface area contributed by atoms with Crippen molar-refractivity contribution in [3.05, 3.63) is 60.5 Å². The number of hydrogen-bond donors (Lipinski definition) is 1. The van der Waals surface area contributed by atoms with Gasteiger partial charge in [-0.2, -0.15) is 0 Å². The first kappa shape index (κ1) is 20.0. The van der Waals surface area contributed by atoms with Gasteiger partial charge in [0.15, 0.2) is 0 Å². The topological polar surface area (TPSA) is 68.4 Å². The van der Waals surface area contributed by atoms with Gasteiger partial charge in [0.05, 0.1) is 6.10 Å². The number of aromatic nitrogens is 2. The third-order valence-corrected chi connectivity index (χ3v) is 6.14. The minimum atomic E-state index is -0.612. The van der Waals surface area contributed by atoms with Crippen molar-refractivity contribution in [1.82, 2.24) is 10.2 Å². The Balaban J connectivity index is 1.22. The third-order valence-electron chi connectivity index (χ3n) is 5.18. The molecule has 4 rings (SSSR count). The Bertz CT molecular complexity index is 877. The Hall–Kier alpha value is -2.31. The monoisotopic (exact) mass is 410 g/mol. The summed E-state index contributed by atoms with van der Waals surface area (Å²) in [5, 5.41) is 19.1. The Morgan fingerprint density at radius 2 is 1.69 bits per heavy atom. The predicted molar refractivity (Wildman–Crippen MR) is 114 cm³/mol. The van der Waals surface area contributed by atoms with Crippen molar-refractivity contribution in [1.29, 1.82) is 0 Å². The van der Waals surface area contributed by atoms with E-state index < -0.39 is 6.10 Å². The first-order valence-electron chi connectivity index (χ1n) is 10.2. The van der Waals surface area contributed by atoms with Gasteiger partial charge in [-0.15, -0.1) is 10.2 Å². The molecule has 1 N–H and O–H groups in total. The SMILES string of the molecule is OC(COc1ccc(-c2ccccc2)cc1)CSc1nnc(C2CCCCC2)o1. The first-order chi connectivity index (χ1) is 14.3. The second kappa shape index (κ2) is 9.94. The lowest BCUT2D eigenvalue weighted by molar-refractivity contribution is 0.126. The minimum absolute atomic E-state index is 0.224. The number of aliphatic hydroxyl groups is 1. The van der Waals surface area contributed by atoms with Gasteiger partial charge in [-0.3, -0.25) is 0 Å². The van der Waals surface area contributed by atoms with Crippen LogP contribution in [0.4, 0.5) is 0 Å². The Morgan fingerprint density at radius 3 is 2.45 bits per heavy atom. The molecular weight excluding hydrogens is 384 g/mol. The largest absolute Gasteiger partial charge is 0.491 e. The Morgan fingerprint density at radius 1 is 0.966 bits per heavy atom. The van der Waals surface area contributed by atoms with Gasteiger partial charge in [0.25, 0.3) is 5.22 Å². The normalized spacial score (nSPS) is 15.9. The van der Waals surface area contributed by atoms with E-state index in [1.54, 1.807) is 0 Å². The molecule has 29 heavy (non-hydrogen) atoms. The molecule has 0 spiro atoms. The second-order valence-electron chi connectivity index (χ2n) is 7.41. The smallest absolute Gasteiger partial charge is 0.276 e. The summed E-state index contributed by atoms with van der Waals surface area (Å²) in [6.45, 7) is 0.224. The van der Waals surface area contributed by atoms with E-state index >= 15 is 0 Å². The molecule has 1 unspecified atom stereocenters. The van der Waals surface area contributed by atoms with Gasteiger partial charge in [-0.1, -0.05) is 73.5 Å². The molecule has 0 bridgehead atoms. The van der Waals surface area contributed by atoms with Crippen LogP contribution in [0.1, 0.15) is 43.9 Å². The summed E-state index contributed by atoms with van der Waals surface area (Å²) < 4.78 is 11.5. The number of thioether (sulfide) groups is 1. The van der Waals surface area contributed by atoms with E-state index in [1.807, 2.05) is 42.5 Å². The van der Waals surface area contributed by atoms with Crippen molar-refractivity contribution in [2.24, 2.45) is 0 Å². The maximum Gasteiger partial charge on any atom is 0.276 e. The lowest BCUT2D eigenvalue weighted by atomic mass is 9.89. The van der Waals surface area contributed by atoms with Crippen LogP contribution in [-0.4, -0.2) is 33.8 Å². The summed E-state index contributed by atoms with van der Waals surface area (Å²) >= 11 is 1.38. The number of hydrogen-bond acceptors (Lipinski definition) is 6. The highest BCUT2D eigenvalue weighted by atomic mass is 32.2. The summed E-state index contributed by atoms with van der Waals surface area (Å²) in [7, 11) is 0. The molecule has 0 radical (unpaired) electrons. The number of nitrogens with zero attached hydrogens (tertiary/aromatic N) is 2. The summed E-state index contributed by atoms with van der Waals surface area (Å²) in [6.07, 6.45) is 5.42. The van der Waals surface area contributed by atoms with E-state index in [0.29, 0.717) is 16.9 Å². The molecule has 1 aromatic heterocycles. The van der Waals surface area contributed by atoms with Gasteiger partial charge in [0.1, 0.15) is 12.4 Å². The minimum Gasteiger partial charge on any atom is -0.491 e. The molecule has 1 saturated carbocycles. The number of rotatable bonds is 8. The van der Waals surface area contributed by atoms with Gasteiger partial charge in [0.2, 0.25) is 5.89 Å². The highest BCUT2D eigenvalue weighted by Crippen LogP contribution is 2.33. The van der Waals surface area contributed by atoms with Crippen LogP contribution in [0.25, 0.3) is 11.1 Å². The maximum absolute atomic E-state index is 10.2.